The second kappa shape index (κ2) is 12.5. The molecule has 1 aromatic carbocycles. The Morgan fingerprint density at radius 1 is 1.17 bits per heavy atom. The van der Waals surface area contributed by atoms with E-state index in [1.54, 1.807) is 33.2 Å². The summed E-state index contributed by atoms with van der Waals surface area (Å²) in [5.41, 5.74) is -2.26. The van der Waals surface area contributed by atoms with Crippen molar-refractivity contribution < 1.29 is 37.1 Å². The fourth-order valence-corrected chi connectivity index (χ4v) is 7.32. The third kappa shape index (κ3) is 6.81. The number of aromatic nitrogens is 1. The van der Waals surface area contributed by atoms with Gasteiger partial charge in [-0.3, -0.25) is 24.1 Å². The summed E-state index contributed by atoms with van der Waals surface area (Å²) in [6.07, 6.45) is 5.36. The number of fused-ring (bicyclic) bond motifs is 1. The molecule has 2 heterocycles. The van der Waals surface area contributed by atoms with Crippen molar-refractivity contribution in [3.63, 3.8) is 0 Å². The van der Waals surface area contributed by atoms with Crippen LogP contribution < -0.4 is 20.1 Å². The Morgan fingerprint density at radius 2 is 1.89 bits per heavy atom. The average molecular weight is 656 g/mol. The summed E-state index contributed by atoms with van der Waals surface area (Å²) in [6.45, 7) is 9.38. The van der Waals surface area contributed by atoms with E-state index in [0.717, 1.165) is 10.8 Å². The van der Waals surface area contributed by atoms with Crippen molar-refractivity contribution in [2.45, 2.75) is 69.3 Å². The molecule has 13 nitrogen and oxygen atoms in total. The van der Waals surface area contributed by atoms with Gasteiger partial charge in [0, 0.05) is 35.3 Å². The van der Waals surface area contributed by atoms with Gasteiger partial charge in [0.15, 0.2) is 0 Å². The Bertz CT molecular complexity index is 1650. The first kappa shape index (κ1) is 33.2. The molecule has 0 bridgehead atoms. The van der Waals surface area contributed by atoms with Crippen molar-refractivity contribution in [1.82, 2.24) is 25.2 Å². The minimum atomic E-state index is -3.86. The van der Waals surface area contributed by atoms with Crippen LogP contribution in [0.1, 0.15) is 46.5 Å². The van der Waals surface area contributed by atoms with Crippen LogP contribution in [0.25, 0.3) is 10.8 Å². The quantitative estimate of drug-likeness (QED) is 0.307. The van der Waals surface area contributed by atoms with Gasteiger partial charge in [-0.05, 0) is 31.1 Å². The summed E-state index contributed by atoms with van der Waals surface area (Å²) in [4.78, 5) is 59.3. The number of carbonyl (C=O) groups is 4. The van der Waals surface area contributed by atoms with Crippen molar-refractivity contribution in [1.29, 1.82) is 0 Å². The molecule has 5 rings (SSSR count). The summed E-state index contributed by atoms with van der Waals surface area (Å²) in [5, 5.41) is 6.53. The zero-order valence-corrected chi connectivity index (χ0v) is 27.3. The molecule has 5 atom stereocenters. The van der Waals surface area contributed by atoms with E-state index < -0.39 is 68.0 Å². The number of amides is 4. The van der Waals surface area contributed by atoms with Crippen LogP contribution in [0.2, 0.25) is 0 Å². The zero-order chi connectivity index (χ0) is 33.4. The van der Waals surface area contributed by atoms with Gasteiger partial charge in [0.25, 0.3) is 5.91 Å². The van der Waals surface area contributed by atoms with Crippen LogP contribution in [0.3, 0.4) is 0 Å². The molecule has 46 heavy (non-hydrogen) atoms. The lowest BCUT2D eigenvalue weighted by Crippen LogP contribution is -2.60. The number of ether oxygens (including phenoxy) is 2. The van der Waals surface area contributed by atoms with E-state index in [1.807, 2.05) is 24.3 Å². The Hall–Kier alpha value is -4.20. The summed E-state index contributed by atoms with van der Waals surface area (Å²) in [5.74, 6) is -2.17. The van der Waals surface area contributed by atoms with Crippen LogP contribution in [-0.2, 0) is 29.1 Å². The molecular weight excluding hydrogens is 614 g/mol. The van der Waals surface area contributed by atoms with Gasteiger partial charge < -0.3 is 25.0 Å². The highest BCUT2D eigenvalue weighted by molar-refractivity contribution is 7.91. The fraction of sp³-hybridized carbons (Fsp3) is 0.531. The highest BCUT2D eigenvalue weighted by Crippen LogP contribution is 2.45. The molecule has 2 aromatic rings. The van der Waals surface area contributed by atoms with Gasteiger partial charge in [0.05, 0.1) is 25.2 Å². The average Bonchev–Trinajstić information content (AvgIpc) is 3.94. The predicted molar refractivity (Wildman–Crippen MR) is 169 cm³/mol. The van der Waals surface area contributed by atoms with Gasteiger partial charge in [-0.25, -0.2) is 13.2 Å². The lowest BCUT2D eigenvalue weighted by atomic mass is 9.85. The number of carbonyl (C=O) groups excluding carboxylic acids is 4. The van der Waals surface area contributed by atoms with Gasteiger partial charge in [-0.1, -0.05) is 51.1 Å². The number of likely N-dealkylation sites (tertiary alicyclic amines) is 1. The summed E-state index contributed by atoms with van der Waals surface area (Å²) in [7, 11) is -2.67. The number of hydrogen-bond acceptors (Lipinski definition) is 9. The summed E-state index contributed by atoms with van der Waals surface area (Å²) >= 11 is 0. The molecule has 1 aromatic heterocycles. The summed E-state index contributed by atoms with van der Waals surface area (Å²) in [6, 6.07) is 5.55. The molecule has 4 amide bonds. The molecule has 0 radical (unpaired) electrons. The normalized spacial score (nSPS) is 24.9. The molecule has 248 valence electrons. The Kier molecular flexibility index (Phi) is 9.04. The number of methoxy groups -OCH3 is 1. The molecule has 1 saturated heterocycles. The smallest absolute Gasteiger partial charge is 0.407 e. The molecule has 0 spiro atoms. The highest BCUT2D eigenvalue weighted by atomic mass is 32.2. The second-order valence-electron chi connectivity index (χ2n) is 13.4. The molecule has 3 aliphatic rings. The third-order valence-corrected chi connectivity index (χ3v) is 10.7. The molecule has 3 fully saturated rings. The van der Waals surface area contributed by atoms with E-state index in [4.69, 9.17) is 9.47 Å². The van der Waals surface area contributed by atoms with Gasteiger partial charge in [-0.15, -0.1) is 6.58 Å². The molecule has 1 aliphatic heterocycles. The van der Waals surface area contributed by atoms with E-state index in [1.165, 1.54) is 18.1 Å². The monoisotopic (exact) mass is 655 g/mol. The minimum Gasteiger partial charge on any atom is -0.491 e. The zero-order valence-electron chi connectivity index (χ0n) is 26.4. The number of nitrogens with zero attached hydrogens (tertiary/aromatic N) is 2. The molecule has 14 heteroatoms. The molecular formula is C32H41N5O8S. The SMILES string of the molecule is C=C[C@H]1C[C@]1(NC(=O)[C@@H]1C[C@@H](COc2cncc3ccccc23)CN1C(=O)[C@@H](NC(=O)OC)C(C)(C)C)C(=O)NS(=O)(=O)C1CC1. The van der Waals surface area contributed by atoms with Crippen molar-refractivity contribution in [2.75, 3.05) is 20.3 Å². The fourth-order valence-electron chi connectivity index (χ4n) is 5.96. The van der Waals surface area contributed by atoms with Crippen molar-refractivity contribution in [2.24, 2.45) is 17.3 Å². The maximum absolute atomic E-state index is 14.1. The first-order valence-corrected chi connectivity index (χ1v) is 16.9. The molecule has 2 aliphatic carbocycles. The number of alkyl carbamates (subject to hydrolysis) is 1. The van der Waals surface area contributed by atoms with Crippen molar-refractivity contribution >= 4 is 44.6 Å². The van der Waals surface area contributed by atoms with Gasteiger partial charge in [0.1, 0.15) is 23.4 Å². The Labute approximate surface area is 268 Å². The van der Waals surface area contributed by atoms with Crippen LogP contribution in [0.15, 0.2) is 49.3 Å². The van der Waals surface area contributed by atoms with Crippen LogP contribution in [0.5, 0.6) is 5.75 Å². The lowest BCUT2D eigenvalue weighted by Gasteiger charge is -2.35. The number of nitrogens with one attached hydrogen (secondary N) is 3. The molecule has 2 saturated carbocycles. The van der Waals surface area contributed by atoms with E-state index in [2.05, 4.69) is 26.9 Å². The topological polar surface area (TPSA) is 173 Å². The predicted octanol–water partition coefficient (Wildman–Crippen LogP) is 2.27. The van der Waals surface area contributed by atoms with E-state index >= 15 is 0 Å². The third-order valence-electron chi connectivity index (χ3n) is 8.89. The van der Waals surface area contributed by atoms with E-state index in [0.29, 0.717) is 18.6 Å². The molecule has 0 unspecified atom stereocenters. The van der Waals surface area contributed by atoms with Crippen molar-refractivity contribution in [3.8, 4) is 5.75 Å². The van der Waals surface area contributed by atoms with Crippen LogP contribution in [-0.4, -0.2) is 85.3 Å². The number of sulfonamides is 1. The van der Waals surface area contributed by atoms with E-state index in [-0.39, 0.29) is 31.9 Å². The molecule has 3 N–H and O–H groups in total. The van der Waals surface area contributed by atoms with Crippen LogP contribution >= 0.6 is 0 Å². The van der Waals surface area contributed by atoms with E-state index in [9.17, 15) is 27.6 Å². The van der Waals surface area contributed by atoms with Crippen LogP contribution in [0.4, 0.5) is 4.79 Å². The maximum Gasteiger partial charge on any atom is 0.407 e. The van der Waals surface area contributed by atoms with Gasteiger partial charge in [-0.2, -0.15) is 0 Å². The van der Waals surface area contributed by atoms with Gasteiger partial charge in [0.2, 0.25) is 21.8 Å². The highest BCUT2D eigenvalue weighted by Gasteiger charge is 2.62. The first-order chi connectivity index (χ1) is 21.7. The number of benzene rings is 1. The number of pyridine rings is 1. The summed E-state index contributed by atoms with van der Waals surface area (Å²) < 4.78 is 38.2. The minimum absolute atomic E-state index is 0.130. The first-order valence-electron chi connectivity index (χ1n) is 15.3. The standard InChI is InChI=1S/C32H41N5O8S/c1-6-21-14-32(21,29(40)36-46(42,43)22-11-12-22)35-27(38)24-13-19(18-45-25-16-33-15-20-9-7-8-10-23(20)25)17-37(24)28(39)26(31(2,3)4)34-30(41)44-5/h6-10,15-16,19,21-22,24,26H,1,11-14,17-18H2,2-5H3,(H,34,41)(H,35,38)(H,36,40)/t19-,21+,24+,26-,32-/m1/s1. The van der Waals surface area contributed by atoms with Crippen molar-refractivity contribution in [3.05, 3.63) is 49.3 Å². The largest absolute Gasteiger partial charge is 0.491 e. The van der Waals surface area contributed by atoms with Gasteiger partial charge >= 0.3 is 6.09 Å². The maximum atomic E-state index is 14.1. The lowest BCUT2D eigenvalue weighted by molar-refractivity contribution is -0.142. The number of hydrogen-bond donors (Lipinski definition) is 3. The van der Waals surface area contributed by atoms with Crippen LogP contribution in [0, 0.1) is 17.3 Å². The second-order valence-corrected chi connectivity index (χ2v) is 15.4. The Balaban J connectivity index is 1.39. The Morgan fingerprint density at radius 3 is 2.52 bits per heavy atom. The number of rotatable bonds is 11.